The fourth-order valence-corrected chi connectivity index (χ4v) is 2.92. The number of anilines is 1. The first-order chi connectivity index (χ1) is 12.6. The van der Waals surface area contributed by atoms with Crippen LogP contribution < -0.4 is 5.73 Å². The Morgan fingerprint density at radius 1 is 1.22 bits per heavy atom. The van der Waals surface area contributed by atoms with Crippen LogP contribution in [0, 0.1) is 17.6 Å². The van der Waals surface area contributed by atoms with E-state index in [-0.39, 0.29) is 17.0 Å². The van der Waals surface area contributed by atoms with Crippen LogP contribution in [0.15, 0.2) is 24.4 Å². The van der Waals surface area contributed by atoms with Gasteiger partial charge in [-0.25, -0.2) is 18.6 Å². The normalized spacial score (nSPS) is 11.3. The van der Waals surface area contributed by atoms with E-state index in [9.17, 15) is 19.1 Å². The predicted octanol–water partition coefficient (Wildman–Crippen LogP) is 4.21. The van der Waals surface area contributed by atoms with Gasteiger partial charge in [0.2, 0.25) is 5.91 Å². The van der Waals surface area contributed by atoms with Crippen LogP contribution in [-0.2, 0) is 0 Å². The van der Waals surface area contributed by atoms with E-state index in [0.29, 0.717) is 5.39 Å². The highest BCUT2D eigenvalue weighted by atomic mass is 35.5. The third-order valence-electron chi connectivity index (χ3n) is 4.09. The van der Waals surface area contributed by atoms with Crippen molar-refractivity contribution < 1.29 is 23.5 Å². The molecule has 27 heavy (non-hydrogen) atoms. The van der Waals surface area contributed by atoms with Gasteiger partial charge in [-0.1, -0.05) is 31.5 Å². The summed E-state index contributed by atoms with van der Waals surface area (Å²) in [6, 6.07) is 4.27. The maximum atomic E-state index is 15.2. The van der Waals surface area contributed by atoms with Crippen LogP contribution in [0.4, 0.5) is 14.5 Å². The lowest BCUT2D eigenvalue weighted by Crippen LogP contribution is -2.16. The van der Waals surface area contributed by atoms with E-state index < -0.39 is 45.6 Å². The highest BCUT2D eigenvalue weighted by Gasteiger charge is 2.25. The molecular weight excluding hydrogens is 380 g/mol. The molecule has 2 aromatic heterocycles. The van der Waals surface area contributed by atoms with Crippen LogP contribution >= 0.6 is 11.6 Å². The van der Waals surface area contributed by atoms with E-state index in [1.807, 2.05) is 0 Å². The second-order valence-electron chi connectivity index (χ2n) is 6.20. The van der Waals surface area contributed by atoms with Gasteiger partial charge in [-0.15, -0.1) is 0 Å². The molecule has 0 amide bonds. The Morgan fingerprint density at radius 3 is 2.48 bits per heavy atom. The van der Waals surface area contributed by atoms with E-state index in [1.54, 1.807) is 19.9 Å². The number of nitrogens with two attached hydrogens (primary N) is 1. The average Bonchev–Trinajstić information content (AvgIpc) is 3.04. The lowest BCUT2D eigenvalue weighted by atomic mass is 10.1. The number of benzene rings is 1. The number of carboxylic acid groups (broad SMARTS) is 1. The van der Waals surface area contributed by atoms with E-state index in [0.717, 1.165) is 4.57 Å². The van der Waals surface area contributed by atoms with Crippen molar-refractivity contribution in [1.82, 2.24) is 9.55 Å². The number of aromatic carboxylic acids is 1. The van der Waals surface area contributed by atoms with Crippen molar-refractivity contribution >= 4 is 40.1 Å². The van der Waals surface area contributed by atoms with Gasteiger partial charge in [-0.05, 0) is 12.1 Å². The largest absolute Gasteiger partial charge is 0.476 e. The van der Waals surface area contributed by atoms with Crippen molar-refractivity contribution in [2.45, 2.75) is 13.8 Å². The molecule has 0 radical (unpaired) electrons. The molecule has 3 N–H and O–H groups in total. The number of halogens is 3. The first-order valence-corrected chi connectivity index (χ1v) is 8.24. The third kappa shape index (κ3) is 2.91. The quantitative estimate of drug-likeness (QED) is 0.694. The zero-order valence-electron chi connectivity index (χ0n) is 14.3. The second-order valence-corrected chi connectivity index (χ2v) is 6.58. The summed E-state index contributed by atoms with van der Waals surface area (Å²) >= 11 is 5.72. The molecule has 3 rings (SSSR count). The number of hydrogen-bond donors (Lipinski definition) is 2. The second kappa shape index (κ2) is 6.62. The highest BCUT2D eigenvalue weighted by Crippen LogP contribution is 2.35. The molecular formula is C18H14ClF2N3O3. The molecule has 0 fully saturated rings. The van der Waals surface area contributed by atoms with Crippen molar-refractivity contribution in [2.24, 2.45) is 5.92 Å². The first-order valence-electron chi connectivity index (χ1n) is 7.87. The summed E-state index contributed by atoms with van der Waals surface area (Å²) in [7, 11) is 0. The fourth-order valence-electron chi connectivity index (χ4n) is 2.71. The number of carbonyl (C=O) groups excluding carboxylic acids is 1. The Balaban J connectivity index is 2.34. The molecule has 9 heteroatoms. The van der Waals surface area contributed by atoms with Gasteiger partial charge in [0.1, 0.15) is 5.69 Å². The number of nitrogens with zero attached hydrogens (tertiary/aromatic N) is 2. The molecule has 0 saturated heterocycles. The van der Waals surface area contributed by atoms with Gasteiger partial charge in [0.25, 0.3) is 0 Å². The molecule has 0 aliphatic rings. The smallest absolute Gasteiger partial charge is 0.356 e. The number of nitrogen functional groups attached to an aromatic ring is 1. The Kier molecular flexibility index (Phi) is 4.61. The molecule has 0 unspecified atom stereocenters. The van der Waals surface area contributed by atoms with E-state index in [4.69, 9.17) is 17.3 Å². The molecule has 1 aromatic carbocycles. The minimum atomic E-state index is -1.53. The van der Waals surface area contributed by atoms with Gasteiger partial charge in [-0.3, -0.25) is 9.36 Å². The number of pyridine rings is 1. The van der Waals surface area contributed by atoms with E-state index >= 15 is 4.39 Å². The fraction of sp³-hybridized carbons (Fsp3) is 0.167. The highest BCUT2D eigenvalue weighted by molar-refractivity contribution is 6.35. The van der Waals surface area contributed by atoms with Crippen molar-refractivity contribution in [3.8, 4) is 11.3 Å². The lowest BCUT2D eigenvalue weighted by Gasteiger charge is -2.12. The standard InChI is InChI=1S/C18H14ClF2N3O3/c1-7(2)17(25)24-6-5-8-3-4-9(11(20)16(8)24)14-12(21)13(22)10(19)15(23-14)18(26)27/h3-7H,1-2H3,(H2,22,23)(H,26,27). The zero-order valence-corrected chi connectivity index (χ0v) is 15.0. The molecule has 0 aliphatic heterocycles. The van der Waals surface area contributed by atoms with Crippen molar-refractivity contribution in [1.29, 1.82) is 0 Å². The maximum Gasteiger partial charge on any atom is 0.356 e. The Labute approximate surface area is 157 Å². The number of carbonyl (C=O) groups is 2. The monoisotopic (exact) mass is 393 g/mol. The van der Waals surface area contributed by atoms with Gasteiger partial charge >= 0.3 is 5.97 Å². The number of carboxylic acids is 1. The van der Waals surface area contributed by atoms with Gasteiger partial charge in [0, 0.05) is 23.1 Å². The van der Waals surface area contributed by atoms with Gasteiger partial charge in [0.05, 0.1) is 16.2 Å². The van der Waals surface area contributed by atoms with Crippen molar-refractivity contribution in [3.63, 3.8) is 0 Å². The average molecular weight is 394 g/mol. The minimum absolute atomic E-state index is 0.0576. The number of rotatable bonds is 3. The van der Waals surface area contributed by atoms with Crippen LogP contribution in [0.1, 0.15) is 29.1 Å². The molecule has 0 aliphatic carbocycles. The predicted molar refractivity (Wildman–Crippen MR) is 96.9 cm³/mol. The lowest BCUT2D eigenvalue weighted by molar-refractivity contribution is 0.0690. The molecule has 0 bridgehead atoms. The van der Waals surface area contributed by atoms with E-state index in [1.165, 1.54) is 18.3 Å². The Morgan fingerprint density at radius 2 is 1.89 bits per heavy atom. The third-order valence-corrected chi connectivity index (χ3v) is 4.48. The number of fused-ring (bicyclic) bond motifs is 1. The molecule has 0 spiro atoms. The van der Waals surface area contributed by atoms with Gasteiger partial charge < -0.3 is 10.8 Å². The topological polar surface area (TPSA) is 98.2 Å². The van der Waals surface area contributed by atoms with Crippen LogP contribution in [0.2, 0.25) is 5.02 Å². The summed E-state index contributed by atoms with van der Waals surface area (Å²) in [5.41, 5.74) is 3.20. The summed E-state index contributed by atoms with van der Waals surface area (Å²) in [5, 5.41) is 9.03. The molecule has 3 aromatic rings. The molecule has 6 nitrogen and oxygen atoms in total. The van der Waals surface area contributed by atoms with Crippen LogP contribution in [-0.4, -0.2) is 26.5 Å². The van der Waals surface area contributed by atoms with Crippen molar-refractivity contribution in [2.75, 3.05) is 5.73 Å². The zero-order chi connectivity index (χ0) is 20.0. The summed E-state index contributed by atoms with van der Waals surface area (Å²) in [6.45, 7) is 3.33. The van der Waals surface area contributed by atoms with E-state index in [2.05, 4.69) is 4.98 Å². The van der Waals surface area contributed by atoms with Crippen LogP contribution in [0.3, 0.4) is 0 Å². The van der Waals surface area contributed by atoms with Gasteiger partial charge in [-0.2, -0.15) is 0 Å². The Hall–Kier alpha value is -3.00. The first kappa shape index (κ1) is 18.8. The molecule has 0 atom stereocenters. The van der Waals surface area contributed by atoms with Crippen LogP contribution in [0.25, 0.3) is 22.2 Å². The molecule has 2 heterocycles. The SMILES string of the molecule is CC(C)C(=O)n1ccc2ccc(-c3nc(C(=O)O)c(Cl)c(N)c3F)c(F)c21. The maximum absolute atomic E-state index is 15.2. The summed E-state index contributed by atoms with van der Waals surface area (Å²) in [4.78, 5) is 27.2. The number of hydrogen-bond acceptors (Lipinski definition) is 4. The molecule has 140 valence electrons. The number of aromatic nitrogens is 2. The summed E-state index contributed by atoms with van der Waals surface area (Å²) < 4.78 is 30.9. The van der Waals surface area contributed by atoms with Crippen LogP contribution in [0.5, 0.6) is 0 Å². The minimum Gasteiger partial charge on any atom is -0.476 e. The Bertz CT molecular complexity index is 1110. The van der Waals surface area contributed by atoms with Gasteiger partial charge in [0.15, 0.2) is 17.3 Å². The summed E-state index contributed by atoms with van der Waals surface area (Å²) in [5.74, 6) is -4.35. The molecule has 0 saturated carbocycles. The summed E-state index contributed by atoms with van der Waals surface area (Å²) in [6.07, 6.45) is 1.42. The van der Waals surface area contributed by atoms with Crippen molar-refractivity contribution in [3.05, 3.63) is 46.7 Å².